The summed E-state index contributed by atoms with van der Waals surface area (Å²) >= 11 is 0. The topological polar surface area (TPSA) is 117 Å². The number of nitro benzene ring substituents is 1. The summed E-state index contributed by atoms with van der Waals surface area (Å²) in [6.07, 6.45) is 10.1. The molecule has 10 nitrogen and oxygen atoms in total. The highest BCUT2D eigenvalue weighted by atomic mass is 16.9. The smallest absolute Gasteiger partial charge is 0.588 e. The van der Waals surface area contributed by atoms with Gasteiger partial charge in [-0.2, -0.15) is 0 Å². The number of unbranched alkanes of at least 4 members (excludes halogenated alkanes) is 2. The molecular formula is C27H29BN2O8. The van der Waals surface area contributed by atoms with Crippen LogP contribution in [-0.4, -0.2) is 43.0 Å². The second-order valence-corrected chi connectivity index (χ2v) is 8.98. The highest BCUT2D eigenvalue weighted by Crippen LogP contribution is 2.34. The minimum atomic E-state index is -3.20. The predicted molar refractivity (Wildman–Crippen MR) is 141 cm³/mol. The van der Waals surface area contributed by atoms with Crippen molar-refractivity contribution in [2.75, 3.05) is 18.0 Å². The van der Waals surface area contributed by atoms with Gasteiger partial charge in [-0.05, 0) is 36.6 Å². The molecule has 38 heavy (non-hydrogen) atoms. The highest BCUT2D eigenvalue weighted by Gasteiger charge is 2.56. The predicted octanol–water partition coefficient (Wildman–Crippen LogP) is 4.81. The van der Waals surface area contributed by atoms with Gasteiger partial charge in [0.25, 0.3) is 5.69 Å². The third-order valence-electron chi connectivity index (χ3n) is 6.14. The number of carbonyl (C=O) groups excluding carboxylic acids is 2. The number of nitrogens with zero attached hydrogens (tertiary/aromatic N) is 2. The van der Waals surface area contributed by atoms with Crippen LogP contribution in [0, 0.1) is 16.2 Å². The van der Waals surface area contributed by atoms with Gasteiger partial charge in [-0.1, -0.05) is 44.9 Å². The van der Waals surface area contributed by atoms with Gasteiger partial charge in [0, 0.05) is 43.0 Å². The number of hydrogen-bond donors (Lipinski definition) is 0. The van der Waals surface area contributed by atoms with Crippen molar-refractivity contribution in [2.24, 2.45) is 0 Å². The largest absolute Gasteiger partial charge is 0.723 e. The molecule has 1 spiro atoms. The van der Waals surface area contributed by atoms with E-state index in [4.69, 9.17) is 18.6 Å². The zero-order valence-corrected chi connectivity index (χ0v) is 21.3. The molecule has 0 N–H and O–H groups in total. The van der Waals surface area contributed by atoms with Crippen molar-refractivity contribution in [3.63, 3.8) is 0 Å². The van der Waals surface area contributed by atoms with Crippen molar-refractivity contribution in [3.05, 3.63) is 81.9 Å². The van der Waals surface area contributed by atoms with E-state index in [2.05, 4.69) is 37.0 Å². The lowest BCUT2D eigenvalue weighted by Crippen LogP contribution is -2.49. The molecule has 0 amide bonds. The van der Waals surface area contributed by atoms with Gasteiger partial charge in [-0.25, -0.2) is 9.59 Å². The molecule has 0 aliphatic carbocycles. The number of anilines is 1. The maximum atomic E-state index is 11.7. The Balaban J connectivity index is 1.55. The summed E-state index contributed by atoms with van der Waals surface area (Å²) in [6.45, 7) is 3.18. The summed E-state index contributed by atoms with van der Waals surface area (Å²) in [5.41, 5.74) is 2.35. The number of carbonyl (C=O) groups is 2. The standard InChI is InChI=1S/C27H29BN2O8/c1-3-5-17-29(18-6-4-2)22-12-7-20(8-13-22)9-16-24-19-25(21-10-14-23(15-11-21)30(33)34)36-28(35-24)37-26(31)27(32)38-28/h7-16,24H,3-6,17-18H2,1-2H3/b16-9+. The van der Waals surface area contributed by atoms with Crippen LogP contribution in [0.2, 0.25) is 0 Å². The fourth-order valence-electron chi connectivity index (χ4n) is 4.08. The zero-order valence-electron chi connectivity index (χ0n) is 21.3. The Labute approximate surface area is 221 Å². The van der Waals surface area contributed by atoms with Crippen LogP contribution in [0.1, 0.15) is 50.7 Å². The number of rotatable bonds is 11. The van der Waals surface area contributed by atoms with Gasteiger partial charge in [0.2, 0.25) is 0 Å². The van der Waals surface area contributed by atoms with Gasteiger partial charge in [0.1, 0.15) is 6.08 Å². The van der Waals surface area contributed by atoms with Crippen LogP contribution in [-0.2, 0) is 28.2 Å². The summed E-state index contributed by atoms with van der Waals surface area (Å²) < 4.78 is 21.3. The Kier molecular flexibility index (Phi) is 8.40. The SMILES string of the molecule is CCCCN(CCCC)c1ccc(/C=C/C2[C+]=C(c3ccc([N+](=O)[O-])cc3)O[B-]3(OC(=O)C(=O)O3)O2)cc1. The summed E-state index contributed by atoms with van der Waals surface area (Å²) in [5.74, 6) is -2.39. The monoisotopic (exact) mass is 520 g/mol. The fourth-order valence-corrected chi connectivity index (χ4v) is 4.08. The van der Waals surface area contributed by atoms with Crippen LogP contribution in [0.3, 0.4) is 0 Å². The van der Waals surface area contributed by atoms with Crippen LogP contribution >= 0.6 is 0 Å². The van der Waals surface area contributed by atoms with Crippen molar-refractivity contribution in [2.45, 2.75) is 45.6 Å². The van der Waals surface area contributed by atoms with Gasteiger partial charge in [0.15, 0.2) is 11.7 Å². The van der Waals surface area contributed by atoms with E-state index in [-0.39, 0.29) is 11.4 Å². The number of hydrogen-bond acceptors (Lipinski definition) is 9. The molecule has 2 aliphatic heterocycles. The van der Waals surface area contributed by atoms with Gasteiger partial charge in [-0.15, -0.1) is 0 Å². The first-order valence-electron chi connectivity index (χ1n) is 12.7. The van der Waals surface area contributed by atoms with Gasteiger partial charge >= 0.3 is 24.7 Å². The van der Waals surface area contributed by atoms with Crippen LogP contribution in [0.5, 0.6) is 0 Å². The summed E-state index contributed by atoms with van der Waals surface area (Å²) in [6, 6.07) is 13.6. The number of non-ortho nitro benzene ring substituents is 1. The molecule has 2 aromatic carbocycles. The molecule has 198 valence electrons. The van der Waals surface area contributed by atoms with E-state index in [0.717, 1.165) is 50.0 Å². The minimum absolute atomic E-state index is 0.0705. The van der Waals surface area contributed by atoms with Crippen LogP contribution < -0.4 is 4.90 Å². The first kappa shape index (κ1) is 26.8. The maximum Gasteiger partial charge on any atom is 0.723 e. The Morgan fingerprint density at radius 3 is 2.11 bits per heavy atom. The second-order valence-electron chi connectivity index (χ2n) is 8.98. The highest BCUT2D eigenvalue weighted by molar-refractivity contribution is 6.67. The molecule has 11 heteroatoms. The van der Waals surface area contributed by atoms with E-state index in [9.17, 15) is 19.7 Å². The average molecular weight is 520 g/mol. The van der Waals surface area contributed by atoms with Crippen molar-refractivity contribution in [1.29, 1.82) is 0 Å². The van der Waals surface area contributed by atoms with Crippen LogP contribution in [0.15, 0.2) is 54.6 Å². The third kappa shape index (κ3) is 6.37. The molecule has 0 saturated carbocycles. The van der Waals surface area contributed by atoms with E-state index >= 15 is 0 Å². The molecule has 0 radical (unpaired) electrons. The van der Waals surface area contributed by atoms with Crippen LogP contribution in [0.25, 0.3) is 11.8 Å². The van der Waals surface area contributed by atoms with Crippen molar-refractivity contribution >= 4 is 42.1 Å². The molecule has 1 fully saturated rings. The van der Waals surface area contributed by atoms with E-state index in [1.807, 2.05) is 18.2 Å². The van der Waals surface area contributed by atoms with Crippen LogP contribution in [0.4, 0.5) is 11.4 Å². The average Bonchev–Trinajstić information content (AvgIpc) is 3.19. The molecule has 2 aromatic rings. The van der Waals surface area contributed by atoms with E-state index in [1.165, 1.54) is 24.3 Å². The summed E-state index contributed by atoms with van der Waals surface area (Å²) in [5, 5.41) is 11.0. The lowest BCUT2D eigenvalue weighted by atomic mass is 9.99. The van der Waals surface area contributed by atoms with E-state index in [1.54, 1.807) is 6.08 Å². The Morgan fingerprint density at radius 2 is 1.55 bits per heavy atom. The normalized spacial score (nSPS) is 17.9. The van der Waals surface area contributed by atoms with Gasteiger partial charge in [0.05, 0.1) is 4.92 Å². The van der Waals surface area contributed by atoms with Crippen molar-refractivity contribution in [3.8, 4) is 0 Å². The first-order valence-corrected chi connectivity index (χ1v) is 12.7. The molecular weight excluding hydrogens is 491 g/mol. The van der Waals surface area contributed by atoms with E-state index in [0.29, 0.717) is 5.56 Å². The van der Waals surface area contributed by atoms with Gasteiger partial charge < -0.3 is 23.5 Å². The molecule has 1 atom stereocenters. The van der Waals surface area contributed by atoms with E-state index < -0.39 is 29.9 Å². The molecule has 4 rings (SSSR count). The zero-order chi connectivity index (χ0) is 27.1. The minimum Gasteiger partial charge on any atom is -0.588 e. The number of nitro groups is 1. The second kappa shape index (κ2) is 11.9. The Hall–Kier alpha value is -4.21. The summed E-state index contributed by atoms with van der Waals surface area (Å²) in [7, 11) is 0. The molecule has 1 saturated heterocycles. The molecule has 2 aliphatic rings. The molecule has 1 unspecified atom stereocenters. The van der Waals surface area contributed by atoms with Crippen molar-refractivity contribution < 1.29 is 33.1 Å². The maximum absolute atomic E-state index is 11.7. The third-order valence-corrected chi connectivity index (χ3v) is 6.14. The Morgan fingerprint density at radius 1 is 0.947 bits per heavy atom. The van der Waals surface area contributed by atoms with Gasteiger partial charge in [-0.3, -0.25) is 10.1 Å². The fraction of sp³-hybridized carbons (Fsp3) is 0.333. The number of benzene rings is 2. The Bertz CT molecular complexity index is 1200. The molecule has 2 heterocycles. The summed E-state index contributed by atoms with van der Waals surface area (Å²) in [4.78, 5) is 36.4. The molecule has 0 bridgehead atoms. The lowest BCUT2D eigenvalue weighted by Gasteiger charge is -2.35. The lowest BCUT2D eigenvalue weighted by molar-refractivity contribution is -0.384. The van der Waals surface area contributed by atoms with Crippen molar-refractivity contribution in [1.82, 2.24) is 0 Å². The quantitative estimate of drug-likeness (QED) is 0.135. The molecule has 0 aromatic heterocycles. The first-order chi connectivity index (χ1) is 18.3.